The molecule has 2 aromatic carbocycles. The lowest BCUT2D eigenvalue weighted by atomic mass is 10.0. The molecular formula is C20H17NO6. The number of carbonyl (C=O) groups is 2. The van der Waals surface area contributed by atoms with Gasteiger partial charge in [0, 0.05) is 17.5 Å². The highest BCUT2D eigenvalue weighted by molar-refractivity contribution is 5.93. The van der Waals surface area contributed by atoms with Crippen molar-refractivity contribution in [2.45, 2.75) is 13.0 Å². The maximum absolute atomic E-state index is 11.9. The molecule has 1 aromatic heterocycles. The number of fused-ring (bicyclic) bond motifs is 1. The third kappa shape index (κ3) is 4.33. The first-order chi connectivity index (χ1) is 12.9. The van der Waals surface area contributed by atoms with Gasteiger partial charge < -0.3 is 19.6 Å². The van der Waals surface area contributed by atoms with Crippen molar-refractivity contribution in [3.8, 4) is 16.9 Å². The van der Waals surface area contributed by atoms with Crippen molar-refractivity contribution in [2.24, 2.45) is 0 Å². The first-order valence-electron chi connectivity index (χ1n) is 8.23. The number of rotatable bonds is 6. The maximum Gasteiger partial charge on any atom is 0.336 e. The molecule has 3 aromatic rings. The molecule has 0 bridgehead atoms. The normalized spacial score (nSPS) is 11.7. The standard InChI is InChI=1S/C20H17NO6/c1-12(20(25)21-11-18(22)23)26-14-7-8-15-16(13-5-3-2-4-6-13)10-19(24)27-17(15)9-14/h2-10,12H,11H2,1H3,(H,21,25)(H,22,23). The van der Waals surface area contributed by atoms with Crippen molar-refractivity contribution in [2.75, 3.05) is 6.54 Å². The van der Waals surface area contributed by atoms with Crippen LogP contribution in [-0.4, -0.2) is 29.6 Å². The van der Waals surface area contributed by atoms with E-state index in [4.69, 9.17) is 14.3 Å². The number of benzene rings is 2. The third-order valence-electron chi connectivity index (χ3n) is 3.90. The summed E-state index contributed by atoms with van der Waals surface area (Å²) in [6.45, 7) is 1.01. The lowest BCUT2D eigenvalue weighted by Crippen LogP contribution is -2.39. The fraction of sp³-hybridized carbons (Fsp3) is 0.150. The van der Waals surface area contributed by atoms with Gasteiger partial charge in [0.2, 0.25) is 0 Å². The third-order valence-corrected chi connectivity index (χ3v) is 3.90. The quantitative estimate of drug-likeness (QED) is 0.648. The largest absolute Gasteiger partial charge is 0.481 e. The second-order valence-corrected chi connectivity index (χ2v) is 5.87. The summed E-state index contributed by atoms with van der Waals surface area (Å²) < 4.78 is 10.8. The highest BCUT2D eigenvalue weighted by atomic mass is 16.5. The minimum atomic E-state index is -1.14. The molecule has 0 radical (unpaired) electrons. The molecule has 1 unspecified atom stereocenters. The minimum Gasteiger partial charge on any atom is -0.481 e. The fourth-order valence-electron chi connectivity index (χ4n) is 2.64. The van der Waals surface area contributed by atoms with Crippen LogP contribution < -0.4 is 15.7 Å². The molecule has 1 atom stereocenters. The van der Waals surface area contributed by atoms with Crippen molar-refractivity contribution in [3.63, 3.8) is 0 Å². The van der Waals surface area contributed by atoms with E-state index in [0.717, 1.165) is 16.5 Å². The van der Waals surface area contributed by atoms with Gasteiger partial charge in [0.15, 0.2) is 6.10 Å². The van der Waals surface area contributed by atoms with Gasteiger partial charge in [0.1, 0.15) is 17.9 Å². The average Bonchev–Trinajstić information content (AvgIpc) is 2.65. The van der Waals surface area contributed by atoms with Crippen molar-refractivity contribution < 1.29 is 23.8 Å². The summed E-state index contributed by atoms with van der Waals surface area (Å²) in [7, 11) is 0. The lowest BCUT2D eigenvalue weighted by Gasteiger charge is -2.14. The van der Waals surface area contributed by atoms with E-state index in [-0.39, 0.29) is 0 Å². The molecule has 7 nitrogen and oxygen atoms in total. The number of aliphatic carboxylic acids is 1. The van der Waals surface area contributed by atoms with Crippen LogP contribution in [0.1, 0.15) is 6.92 Å². The van der Waals surface area contributed by atoms with Crippen LogP contribution in [0, 0.1) is 0 Å². The van der Waals surface area contributed by atoms with E-state index in [1.54, 1.807) is 12.1 Å². The summed E-state index contributed by atoms with van der Waals surface area (Å²) >= 11 is 0. The first kappa shape index (κ1) is 18.2. The number of amides is 1. The zero-order valence-electron chi connectivity index (χ0n) is 14.5. The molecule has 0 aliphatic rings. The second-order valence-electron chi connectivity index (χ2n) is 5.87. The zero-order valence-corrected chi connectivity index (χ0v) is 14.5. The highest BCUT2D eigenvalue weighted by Gasteiger charge is 2.16. The Hall–Kier alpha value is -3.61. The number of hydrogen-bond donors (Lipinski definition) is 2. The van der Waals surface area contributed by atoms with E-state index >= 15 is 0 Å². The number of hydrogen-bond acceptors (Lipinski definition) is 5. The van der Waals surface area contributed by atoms with E-state index in [1.165, 1.54) is 19.1 Å². The van der Waals surface area contributed by atoms with Gasteiger partial charge in [-0.1, -0.05) is 30.3 Å². The molecule has 1 heterocycles. The monoisotopic (exact) mass is 367 g/mol. The number of carbonyl (C=O) groups excluding carboxylic acids is 1. The Morgan fingerprint density at radius 2 is 1.89 bits per heavy atom. The van der Waals surface area contributed by atoms with Crippen molar-refractivity contribution >= 4 is 22.8 Å². The van der Waals surface area contributed by atoms with Crippen molar-refractivity contribution in [1.29, 1.82) is 0 Å². The van der Waals surface area contributed by atoms with Gasteiger partial charge in [-0.2, -0.15) is 0 Å². The molecule has 0 saturated heterocycles. The summed E-state index contributed by atoms with van der Waals surface area (Å²) in [4.78, 5) is 34.3. The molecule has 1 amide bonds. The molecule has 0 saturated carbocycles. The Morgan fingerprint density at radius 1 is 1.15 bits per heavy atom. The molecule has 27 heavy (non-hydrogen) atoms. The van der Waals surface area contributed by atoms with Gasteiger partial charge in [-0.05, 0) is 30.2 Å². The Labute approximate surface area is 154 Å². The Kier molecular flexibility index (Phi) is 5.21. The van der Waals surface area contributed by atoms with Gasteiger partial charge in [0.25, 0.3) is 5.91 Å². The fourth-order valence-corrected chi connectivity index (χ4v) is 2.64. The average molecular weight is 367 g/mol. The van der Waals surface area contributed by atoms with Crippen LogP contribution in [0.25, 0.3) is 22.1 Å². The van der Waals surface area contributed by atoms with Crippen molar-refractivity contribution in [3.05, 3.63) is 65.0 Å². The SMILES string of the molecule is CC(Oc1ccc2c(-c3ccccc3)cc(=O)oc2c1)C(=O)NCC(=O)O. The summed E-state index contributed by atoms with van der Waals surface area (Å²) in [6.07, 6.45) is -0.911. The highest BCUT2D eigenvalue weighted by Crippen LogP contribution is 2.29. The Balaban J connectivity index is 1.89. The van der Waals surface area contributed by atoms with E-state index in [1.807, 2.05) is 30.3 Å². The summed E-state index contributed by atoms with van der Waals surface area (Å²) in [6, 6.07) is 15.8. The van der Waals surface area contributed by atoms with Crippen LogP contribution >= 0.6 is 0 Å². The number of carboxylic acid groups (broad SMARTS) is 1. The smallest absolute Gasteiger partial charge is 0.336 e. The molecule has 138 valence electrons. The number of nitrogens with one attached hydrogen (secondary N) is 1. The molecule has 3 rings (SSSR count). The maximum atomic E-state index is 11.9. The van der Waals surface area contributed by atoms with Gasteiger partial charge in [-0.15, -0.1) is 0 Å². The molecule has 0 fully saturated rings. The van der Waals surface area contributed by atoms with E-state index in [2.05, 4.69) is 5.32 Å². The van der Waals surface area contributed by atoms with Crippen LogP contribution in [0.4, 0.5) is 0 Å². The van der Waals surface area contributed by atoms with Crippen LogP contribution in [-0.2, 0) is 9.59 Å². The number of carboxylic acids is 1. The van der Waals surface area contributed by atoms with Gasteiger partial charge in [-0.25, -0.2) is 4.79 Å². The predicted molar refractivity (Wildman–Crippen MR) is 98.7 cm³/mol. The molecule has 7 heteroatoms. The molecule has 0 aliphatic carbocycles. The van der Waals surface area contributed by atoms with Gasteiger partial charge >= 0.3 is 11.6 Å². The van der Waals surface area contributed by atoms with E-state index in [9.17, 15) is 14.4 Å². The van der Waals surface area contributed by atoms with Crippen molar-refractivity contribution in [1.82, 2.24) is 5.32 Å². The molecule has 2 N–H and O–H groups in total. The van der Waals surface area contributed by atoms with Crippen LogP contribution in [0.2, 0.25) is 0 Å². The predicted octanol–water partition coefficient (Wildman–Crippen LogP) is 2.43. The first-order valence-corrected chi connectivity index (χ1v) is 8.23. The second kappa shape index (κ2) is 7.74. The van der Waals surface area contributed by atoms with Gasteiger partial charge in [-0.3, -0.25) is 9.59 Å². The Bertz CT molecular complexity index is 1040. The van der Waals surface area contributed by atoms with Crippen LogP contribution in [0.3, 0.4) is 0 Å². The zero-order chi connectivity index (χ0) is 19.4. The molecule has 0 aliphatic heterocycles. The molecule has 0 spiro atoms. The van der Waals surface area contributed by atoms with E-state index < -0.39 is 30.2 Å². The van der Waals surface area contributed by atoms with Gasteiger partial charge in [0.05, 0.1) is 0 Å². The van der Waals surface area contributed by atoms with E-state index in [0.29, 0.717) is 11.3 Å². The van der Waals surface area contributed by atoms with Crippen LogP contribution in [0.15, 0.2) is 63.8 Å². The topological polar surface area (TPSA) is 106 Å². The Morgan fingerprint density at radius 3 is 2.59 bits per heavy atom. The minimum absolute atomic E-state index is 0.328. The lowest BCUT2D eigenvalue weighted by molar-refractivity contribution is -0.139. The number of ether oxygens (including phenoxy) is 1. The summed E-state index contributed by atoms with van der Waals surface area (Å²) in [5.74, 6) is -1.37. The summed E-state index contributed by atoms with van der Waals surface area (Å²) in [5, 5.41) is 11.6. The van der Waals surface area contributed by atoms with Crippen LogP contribution in [0.5, 0.6) is 5.75 Å². The molecular weight excluding hydrogens is 350 g/mol. The summed E-state index contributed by atoms with van der Waals surface area (Å²) in [5.41, 5.74) is 1.45.